The van der Waals surface area contributed by atoms with E-state index >= 15 is 0 Å². The van der Waals surface area contributed by atoms with Gasteiger partial charge in [0, 0.05) is 20.0 Å². The summed E-state index contributed by atoms with van der Waals surface area (Å²) < 4.78 is 0. The Morgan fingerprint density at radius 2 is 2.24 bits per heavy atom. The molecule has 0 aromatic heterocycles. The summed E-state index contributed by atoms with van der Waals surface area (Å²) >= 11 is 0. The molecule has 0 saturated heterocycles. The molecule has 0 fully saturated rings. The zero-order chi connectivity index (χ0) is 12.8. The van der Waals surface area contributed by atoms with Crippen LogP contribution < -0.4 is 4.90 Å². The lowest BCUT2D eigenvalue weighted by Crippen LogP contribution is -2.20. The number of anilines is 1. The fourth-order valence-electron chi connectivity index (χ4n) is 1.66. The third-order valence-corrected chi connectivity index (χ3v) is 2.57. The van der Waals surface area contributed by atoms with Gasteiger partial charge in [-0.15, -0.1) is 0 Å². The molecular weight excluding hydrogens is 216 g/mol. The van der Waals surface area contributed by atoms with Crippen molar-refractivity contribution in [3.05, 3.63) is 29.3 Å². The number of hydrogen-bond donors (Lipinski definition) is 1. The summed E-state index contributed by atoms with van der Waals surface area (Å²) in [5.41, 5.74) is 2.52. The Morgan fingerprint density at radius 3 is 2.82 bits per heavy atom. The molecule has 0 amide bonds. The number of aliphatic carboxylic acids is 1. The molecule has 0 unspecified atom stereocenters. The lowest BCUT2D eigenvalue weighted by Gasteiger charge is -2.20. The molecule has 1 N–H and O–H groups in total. The Hall–Kier alpha value is -2.02. The van der Waals surface area contributed by atoms with Crippen molar-refractivity contribution >= 4 is 11.7 Å². The summed E-state index contributed by atoms with van der Waals surface area (Å²) in [6.45, 7) is 2.57. The number of aryl methyl sites for hydroxylation is 1. The van der Waals surface area contributed by atoms with Crippen molar-refractivity contribution < 1.29 is 9.90 Å². The van der Waals surface area contributed by atoms with E-state index in [0.29, 0.717) is 18.5 Å². The summed E-state index contributed by atoms with van der Waals surface area (Å²) in [4.78, 5) is 12.3. The first-order valence-electron chi connectivity index (χ1n) is 5.48. The summed E-state index contributed by atoms with van der Waals surface area (Å²) in [5.74, 6) is -0.789. The van der Waals surface area contributed by atoms with Crippen molar-refractivity contribution in [2.45, 2.75) is 19.8 Å². The van der Waals surface area contributed by atoms with Gasteiger partial charge in [-0.2, -0.15) is 5.26 Å². The summed E-state index contributed by atoms with van der Waals surface area (Å²) in [7, 11) is 1.87. The second-order valence-corrected chi connectivity index (χ2v) is 4.05. The molecule has 0 spiro atoms. The third kappa shape index (κ3) is 3.80. The topological polar surface area (TPSA) is 64.3 Å². The van der Waals surface area contributed by atoms with E-state index in [1.165, 1.54) is 0 Å². The predicted octanol–water partition coefficient (Wildman–Crippen LogP) is 2.17. The van der Waals surface area contributed by atoms with Crippen LogP contribution in [0, 0.1) is 18.3 Å². The second-order valence-electron chi connectivity index (χ2n) is 4.05. The zero-order valence-corrected chi connectivity index (χ0v) is 10.1. The highest BCUT2D eigenvalue weighted by atomic mass is 16.4. The summed E-state index contributed by atoms with van der Waals surface area (Å²) in [5, 5.41) is 17.6. The van der Waals surface area contributed by atoms with Crippen LogP contribution in [0.15, 0.2) is 18.2 Å². The minimum absolute atomic E-state index is 0.151. The van der Waals surface area contributed by atoms with Crippen molar-refractivity contribution in [1.82, 2.24) is 0 Å². The van der Waals surface area contributed by atoms with Crippen LogP contribution in [-0.2, 0) is 4.79 Å². The van der Waals surface area contributed by atoms with Gasteiger partial charge in [-0.3, -0.25) is 4.79 Å². The van der Waals surface area contributed by atoms with Gasteiger partial charge in [-0.25, -0.2) is 0 Å². The largest absolute Gasteiger partial charge is 0.481 e. The van der Waals surface area contributed by atoms with E-state index in [0.717, 1.165) is 11.3 Å². The van der Waals surface area contributed by atoms with Gasteiger partial charge in [0.25, 0.3) is 0 Å². The normalized spacial score (nSPS) is 9.71. The number of carboxylic acids is 1. The third-order valence-electron chi connectivity index (χ3n) is 2.57. The molecule has 1 aromatic carbocycles. The maximum Gasteiger partial charge on any atom is 0.303 e. The molecule has 0 aliphatic rings. The fourth-order valence-corrected chi connectivity index (χ4v) is 1.66. The van der Waals surface area contributed by atoms with Crippen molar-refractivity contribution in [1.29, 1.82) is 5.26 Å². The number of carbonyl (C=O) groups is 1. The average molecular weight is 232 g/mol. The van der Waals surface area contributed by atoms with Gasteiger partial charge in [-0.05, 0) is 31.0 Å². The molecule has 0 heterocycles. The van der Waals surface area contributed by atoms with Crippen LogP contribution in [0.3, 0.4) is 0 Å². The van der Waals surface area contributed by atoms with Gasteiger partial charge in [0.1, 0.15) is 6.07 Å². The van der Waals surface area contributed by atoms with Crippen LogP contribution >= 0.6 is 0 Å². The Balaban J connectivity index is 2.72. The smallest absolute Gasteiger partial charge is 0.303 e. The van der Waals surface area contributed by atoms with Crippen LogP contribution in [-0.4, -0.2) is 24.7 Å². The maximum absolute atomic E-state index is 10.4. The minimum atomic E-state index is -0.789. The van der Waals surface area contributed by atoms with Crippen LogP contribution in [0.5, 0.6) is 0 Å². The first kappa shape index (κ1) is 13.0. The van der Waals surface area contributed by atoms with E-state index in [9.17, 15) is 4.79 Å². The molecule has 0 radical (unpaired) electrons. The molecule has 0 bridgehead atoms. The molecule has 90 valence electrons. The van der Waals surface area contributed by atoms with E-state index in [4.69, 9.17) is 10.4 Å². The van der Waals surface area contributed by atoms with Crippen molar-refractivity contribution in [2.24, 2.45) is 0 Å². The standard InChI is InChI=1S/C13H16N2O2/c1-10-5-6-12(11(8-10)9-14)15(2)7-3-4-13(16)17/h5-6,8H,3-4,7H2,1-2H3,(H,16,17). The lowest BCUT2D eigenvalue weighted by molar-refractivity contribution is -0.137. The number of nitrogens with zero attached hydrogens (tertiary/aromatic N) is 2. The van der Waals surface area contributed by atoms with E-state index in [-0.39, 0.29) is 6.42 Å². The van der Waals surface area contributed by atoms with Crippen LogP contribution in [0.2, 0.25) is 0 Å². The number of rotatable bonds is 5. The summed E-state index contributed by atoms with van der Waals surface area (Å²) in [6, 6.07) is 7.84. The molecule has 0 atom stereocenters. The second kappa shape index (κ2) is 5.90. The van der Waals surface area contributed by atoms with Gasteiger partial charge in [0.15, 0.2) is 0 Å². The minimum Gasteiger partial charge on any atom is -0.481 e. The van der Waals surface area contributed by atoms with Gasteiger partial charge in [-0.1, -0.05) is 6.07 Å². The quantitative estimate of drug-likeness (QED) is 0.845. The maximum atomic E-state index is 10.4. The number of carboxylic acid groups (broad SMARTS) is 1. The molecule has 0 aliphatic carbocycles. The first-order chi connectivity index (χ1) is 8.04. The molecule has 4 nitrogen and oxygen atoms in total. The first-order valence-corrected chi connectivity index (χ1v) is 5.48. The number of benzene rings is 1. The van der Waals surface area contributed by atoms with Crippen LogP contribution in [0.25, 0.3) is 0 Å². The highest BCUT2D eigenvalue weighted by Crippen LogP contribution is 2.20. The molecule has 17 heavy (non-hydrogen) atoms. The fraction of sp³-hybridized carbons (Fsp3) is 0.385. The van der Waals surface area contributed by atoms with Gasteiger partial charge in [0.2, 0.25) is 0 Å². The Bertz CT molecular complexity index is 449. The monoisotopic (exact) mass is 232 g/mol. The van der Waals surface area contributed by atoms with Gasteiger partial charge >= 0.3 is 5.97 Å². The lowest BCUT2D eigenvalue weighted by atomic mass is 10.1. The van der Waals surface area contributed by atoms with E-state index in [1.807, 2.05) is 37.1 Å². The highest BCUT2D eigenvalue weighted by Gasteiger charge is 2.07. The molecule has 0 saturated carbocycles. The van der Waals surface area contributed by atoms with Crippen LogP contribution in [0.4, 0.5) is 5.69 Å². The zero-order valence-electron chi connectivity index (χ0n) is 10.1. The Morgan fingerprint density at radius 1 is 1.53 bits per heavy atom. The van der Waals surface area contributed by atoms with Crippen molar-refractivity contribution in [3.63, 3.8) is 0 Å². The Kier molecular flexibility index (Phi) is 4.53. The average Bonchev–Trinajstić information content (AvgIpc) is 2.28. The highest BCUT2D eigenvalue weighted by molar-refractivity contribution is 5.66. The van der Waals surface area contributed by atoms with E-state index in [1.54, 1.807) is 0 Å². The van der Waals surface area contributed by atoms with Crippen molar-refractivity contribution in [3.8, 4) is 6.07 Å². The van der Waals surface area contributed by atoms with Crippen LogP contribution in [0.1, 0.15) is 24.0 Å². The van der Waals surface area contributed by atoms with E-state index in [2.05, 4.69) is 6.07 Å². The molecule has 1 aromatic rings. The molecule has 1 rings (SSSR count). The summed E-state index contributed by atoms with van der Waals surface area (Å²) in [6.07, 6.45) is 0.725. The number of hydrogen-bond acceptors (Lipinski definition) is 3. The molecular formula is C13H16N2O2. The van der Waals surface area contributed by atoms with Gasteiger partial charge in [0.05, 0.1) is 11.3 Å². The van der Waals surface area contributed by atoms with E-state index < -0.39 is 5.97 Å². The molecule has 0 aliphatic heterocycles. The van der Waals surface area contributed by atoms with Gasteiger partial charge < -0.3 is 10.0 Å². The number of nitriles is 1. The SMILES string of the molecule is Cc1ccc(N(C)CCCC(=O)O)c(C#N)c1. The van der Waals surface area contributed by atoms with Crippen molar-refractivity contribution in [2.75, 3.05) is 18.5 Å². The Labute approximate surface area is 101 Å². The molecule has 4 heteroatoms. The predicted molar refractivity (Wildman–Crippen MR) is 66.0 cm³/mol.